The van der Waals surface area contributed by atoms with Gasteiger partial charge in [0.15, 0.2) is 0 Å². The molecule has 0 atom stereocenters. The van der Waals surface area contributed by atoms with Crippen LogP contribution in [0.25, 0.3) is 0 Å². The number of hydrogen-bond acceptors (Lipinski definition) is 1. The fourth-order valence-electron chi connectivity index (χ4n) is 0.715. The Morgan fingerprint density at radius 2 is 1.00 bits per heavy atom. The molecular weight excluding hydrogens is 316 g/mol. The van der Waals surface area contributed by atoms with Crippen molar-refractivity contribution >= 4 is 0 Å². The van der Waals surface area contributed by atoms with Crippen LogP contribution in [0.4, 0.5) is 52.7 Å². The van der Waals surface area contributed by atoms with Crippen molar-refractivity contribution in [2.75, 3.05) is 0 Å². The second kappa shape index (κ2) is 4.90. The summed E-state index contributed by atoms with van der Waals surface area (Å²) in [6.45, 7) is -4.74. The summed E-state index contributed by atoms with van der Waals surface area (Å²) in [5.74, 6) is -21.5. The predicted octanol–water partition coefficient (Wildman–Crippen LogP) is 3.99. The van der Waals surface area contributed by atoms with Crippen LogP contribution in [0.2, 0.25) is 0 Å². The van der Waals surface area contributed by atoms with Crippen LogP contribution in [0.1, 0.15) is 0 Å². The van der Waals surface area contributed by atoms with E-state index in [4.69, 9.17) is 0 Å². The summed E-state index contributed by atoms with van der Waals surface area (Å²) >= 11 is 0. The summed E-state index contributed by atoms with van der Waals surface area (Å²) < 4.78 is 146. The Hall–Kier alpha value is -0.880. The molecule has 0 aliphatic rings. The van der Waals surface area contributed by atoms with Gasteiger partial charge in [0, 0.05) is 0 Å². The molecule has 0 aliphatic heterocycles. The molecular formula is C6H2F12O. The molecule has 0 aliphatic carbocycles. The number of halogens is 12. The van der Waals surface area contributed by atoms with Gasteiger partial charge in [0.25, 0.3) is 0 Å². The first-order chi connectivity index (χ1) is 8.11. The van der Waals surface area contributed by atoms with Crippen LogP contribution in [0.5, 0.6) is 0 Å². The van der Waals surface area contributed by atoms with Crippen LogP contribution in [0.15, 0.2) is 0 Å². The molecule has 13 heteroatoms. The summed E-state index contributed by atoms with van der Waals surface area (Å²) in [7, 11) is 0. The largest absolute Gasteiger partial charge is 0.430 e. The first kappa shape index (κ1) is 18.1. The lowest BCUT2D eigenvalue weighted by atomic mass is 10.0. The zero-order valence-electron chi connectivity index (χ0n) is 8.10. The van der Waals surface area contributed by atoms with Crippen LogP contribution in [0, 0.1) is 0 Å². The third-order valence-corrected chi connectivity index (χ3v) is 1.69. The summed E-state index contributed by atoms with van der Waals surface area (Å²) in [6, 6.07) is 0. The van der Waals surface area contributed by atoms with Gasteiger partial charge < -0.3 is 0 Å². The molecule has 19 heavy (non-hydrogen) atoms. The lowest BCUT2D eigenvalue weighted by Crippen LogP contribution is -2.65. The number of ether oxygens (including phenoxy) is 1. The molecule has 0 radical (unpaired) electrons. The highest BCUT2D eigenvalue weighted by Gasteiger charge is 2.84. The summed E-state index contributed by atoms with van der Waals surface area (Å²) in [5.41, 5.74) is 0. The van der Waals surface area contributed by atoms with E-state index < -0.39 is 36.9 Å². The Balaban J connectivity index is 5.63. The minimum atomic E-state index is -7.34. The zero-order valence-corrected chi connectivity index (χ0v) is 8.10. The van der Waals surface area contributed by atoms with Gasteiger partial charge in [-0.25, -0.2) is 8.78 Å². The quantitative estimate of drug-likeness (QED) is 0.673. The first-order valence-corrected chi connectivity index (χ1v) is 3.86. The smallest absolute Gasteiger partial charge is 0.253 e. The van der Waals surface area contributed by atoms with E-state index in [-0.39, 0.29) is 0 Å². The monoisotopic (exact) mass is 318 g/mol. The van der Waals surface area contributed by atoms with Crippen molar-refractivity contribution in [3.8, 4) is 0 Å². The molecule has 116 valence electrons. The van der Waals surface area contributed by atoms with E-state index in [1.54, 1.807) is 4.74 Å². The summed E-state index contributed by atoms with van der Waals surface area (Å²) in [5, 5.41) is 0. The molecule has 0 bridgehead atoms. The SMILES string of the molecule is FC(F)OC(F)(F)C(F)(F)C(F)(F)C(F)(F)C(F)F. The Morgan fingerprint density at radius 3 is 1.26 bits per heavy atom. The molecule has 0 saturated heterocycles. The van der Waals surface area contributed by atoms with E-state index in [1.807, 2.05) is 0 Å². The topological polar surface area (TPSA) is 9.23 Å². The highest BCUT2D eigenvalue weighted by molar-refractivity contribution is 5.01. The number of rotatable bonds is 6. The van der Waals surface area contributed by atoms with Gasteiger partial charge in [0.1, 0.15) is 0 Å². The van der Waals surface area contributed by atoms with E-state index in [0.29, 0.717) is 0 Å². The van der Waals surface area contributed by atoms with E-state index in [0.717, 1.165) is 0 Å². The molecule has 0 amide bonds. The van der Waals surface area contributed by atoms with Crippen LogP contribution >= 0.6 is 0 Å². The Morgan fingerprint density at radius 1 is 0.632 bits per heavy atom. The van der Waals surface area contributed by atoms with Crippen molar-refractivity contribution < 1.29 is 57.4 Å². The molecule has 0 aromatic rings. The summed E-state index contributed by atoms with van der Waals surface area (Å²) in [4.78, 5) is 0. The van der Waals surface area contributed by atoms with Gasteiger partial charge in [-0.1, -0.05) is 0 Å². The molecule has 0 aromatic carbocycles. The normalized spacial score (nSPS) is 15.5. The molecule has 0 heterocycles. The van der Waals surface area contributed by atoms with Gasteiger partial charge >= 0.3 is 36.9 Å². The maximum absolute atomic E-state index is 12.4. The molecule has 0 spiro atoms. The predicted molar refractivity (Wildman–Crippen MR) is 32.9 cm³/mol. The van der Waals surface area contributed by atoms with Crippen LogP contribution < -0.4 is 0 Å². The Bertz CT molecular complexity index is 309. The van der Waals surface area contributed by atoms with E-state index in [9.17, 15) is 52.7 Å². The first-order valence-electron chi connectivity index (χ1n) is 3.86. The molecule has 0 unspecified atom stereocenters. The average molecular weight is 318 g/mol. The van der Waals surface area contributed by atoms with E-state index in [1.165, 1.54) is 0 Å². The summed E-state index contributed by atoms with van der Waals surface area (Å²) in [6.07, 6.45) is -12.3. The van der Waals surface area contributed by atoms with Gasteiger partial charge in [0.05, 0.1) is 0 Å². The number of alkyl halides is 12. The van der Waals surface area contributed by atoms with Gasteiger partial charge in [0.2, 0.25) is 0 Å². The van der Waals surface area contributed by atoms with Gasteiger partial charge in [-0.2, -0.15) is 43.9 Å². The van der Waals surface area contributed by atoms with Crippen LogP contribution in [-0.2, 0) is 4.74 Å². The minimum absolute atomic E-state index is 1.79. The minimum Gasteiger partial charge on any atom is -0.253 e. The van der Waals surface area contributed by atoms with Gasteiger partial charge in [-0.3, -0.25) is 4.74 Å². The third-order valence-electron chi connectivity index (χ3n) is 1.69. The van der Waals surface area contributed by atoms with Gasteiger partial charge in [-0.15, -0.1) is 0 Å². The van der Waals surface area contributed by atoms with Crippen LogP contribution in [-0.4, -0.2) is 36.9 Å². The molecule has 0 N–H and O–H groups in total. The molecule has 0 aromatic heterocycles. The fraction of sp³-hybridized carbons (Fsp3) is 1.00. The Kier molecular flexibility index (Phi) is 4.68. The maximum atomic E-state index is 12.4. The van der Waals surface area contributed by atoms with Crippen molar-refractivity contribution in [1.29, 1.82) is 0 Å². The van der Waals surface area contributed by atoms with Crippen molar-refractivity contribution in [1.82, 2.24) is 0 Å². The molecule has 0 rings (SSSR count). The van der Waals surface area contributed by atoms with Crippen molar-refractivity contribution in [2.24, 2.45) is 0 Å². The average Bonchev–Trinajstić information content (AvgIpc) is 2.14. The lowest BCUT2D eigenvalue weighted by Gasteiger charge is -2.35. The van der Waals surface area contributed by atoms with E-state index >= 15 is 0 Å². The molecule has 0 fully saturated rings. The van der Waals surface area contributed by atoms with Crippen molar-refractivity contribution in [2.45, 2.75) is 36.9 Å². The fourth-order valence-corrected chi connectivity index (χ4v) is 0.715. The second-order valence-corrected chi connectivity index (χ2v) is 2.97. The molecule has 1 nitrogen and oxygen atoms in total. The number of hydrogen-bond donors (Lipinski definition) is 0. The standard InChI is InChI=1S/C6H2F12O/c7-1(8)3(11,12)4(13,14)5(15,16)6(17,18)19-2(9)10/h1-2H. The van der Waals surface area contributed by atoms with Gasteiger partial charge in [-0.05, 0) is 0 Å². The van der Waals surface area contributed by atoms with Crippen LogP contribution in [0.3, 0.4) is 0 Å². The zero-order chi connectivity index (χ0) is 15.9. The van der Waals surface area contributed by atoms with E-state index in [2.05, 4.69) is 0 Å². The second-order valence-electron chi connectivity index (χ2n) is 2.97. The molecule has 0 saturated carbocycles. The highest BCUT2D eigenvalue weighted by atomic mass is 19.4. The van der Waals surface area contributed by atoms with Crippen molar-refractivity contribution in [3.63, 3.8) is 0 Å². The lowest BCUT2D eigenvalue weighted by molar-refractivity contribution is -0.457. The highest BCUT2D eigenvalue weighted by Crippen LogP contribution is 2.54. The Labute approximate surface area is 95.7 Å². The third kappa shape index (κ3) is 2.84. The maximum Gasteiger partial charge on any atom is 0.430 e. The van der Waals surface area contributed by atoms with Crippen molar-refractivity contribution in [3.05, 3.63) is 0 Å².